The molecule has 1 aliphatic rings. The molecule has 0 atom stereocenters. The lowest BCUT2D eigenvalue weighted by molar-refractivity contribution is -0.116. The summed E-state index contributed by atoms with van der Waals surface area (Å²) in [7, 11) is -3.98. The summed E-state index contributed by atoms with van der Waals surface area (Å²) in [6.07, 6.45) is 1.47. The number of carbonyl (C=O) groups excluding carboxylic acids is 1. The van der Waals surface area contributed by atoms with Gasteiger partial charge in [-0.3, -0.25) is 4.79 Å². The van der Waals surface area contributed by atoms with Crippen molar-refractivity contribution < 1.29 is 13.2 Å². The Labute approximate surface area is 110 Å². The molecule has 1 aromatic carbocycles. The van der Waals surface area contributed by atoms with Crippen LogP contribution < -0.4 is 4.90 Å². The number of carbonyl (C=O) groups is 1. The van der Waals surface area contributed by atoms with Crippen LogP contribution in [0.5, 0.6) is 0 Å². The number of hydrogen-bond donors (Lipinski definition) is 0. The first kappa shape index (κ1) is 13.4. The molecular weight excluding hydrogens is 268 g/mol. The van der Waals surface area contributed by atoms with Gasteiger partial charge in [-0.05, 0) is 42.1 Å². The van der Waals surface area contributed by atoms with Gasteiger partial charge < -0.3 is 4.90 Å². The Hall–Kier alpha value is -2.05. The summed E-state index contributed by atoms with van der Waals surface area (Å²) in [6, 6.07) is 4.40. The molecule has 0 aromatic heterocycles. The molecule has 0 bridgehead atoms. The molecule has 0 spiro atoms. The van der Waals surface area contributed by atoms with Crippen LogP contribution in [-0.2, 0) is 21.2 Å². The Balaban J connectivity index is 2.51. The average Bonchev–Trinajstić information content (AvgIpc) is 2.37. The number of hydrogen-bond acceptors (Lipinski definition) is 3. The molecule has 0 fully saturated rings. The first-order chi connectivity index (χ1) is 8.95. The number of amides is 1. The highest BCUT2D eigenvalue weighted by atomic mass is 32.2. The standard InChI is InChI=1S/C11H12N4O3S/c1-8(16)15-6-2-3-9-7-10(4-5-11(9)15)19(17,18)14-13-12/h4-5,7H,2-3,6H2,1H3. The van der Waals surface area contributed by atoms with Crippen molar-refractivity contribution in [1.82, 2.24) is 0 Å². The van der Waals surface area contributed by atoms with Gasteiger partial charge in [0.05, 0.1) is 4.90 Å². The van der Waals surface area contributed by atoms with Crippen LogP contribution in [0.4, 0.5) is 5.69 Å². The van der Waals surface area contributed by atoms with E-state index < -0.39 is 10.0 Å². The zero-order valence-electron chi connectivity index (χ0n) is 10.3. The Morgan fingerprint density at radius 2 is 2.21 bits per heavy atom. The molecule has 0 N–H and O–H groups in total. The van der Waals surface area contributed by atoms with Crippen molar-refractivity contribution in [3.05, 3.63) is 34.2 Å². The highest BCUT2D eigenvalue weighted by Gasteiger charge is 2.22. The monoisotopic (exact) mass is 280 g/mol. The van der Waals surface area contributed by atoms with Crippen molar-refractivity contribution in [3.8, 4) is 0 Å². The summed E-state index contributed by atoms with van der Waals surface area (Å²) in [4.78, 5) is 15.4. The number of fused-ring (bicyclic) bond motifs is 1. The molecule has 7 nitrogen and oxygen atoms in total. The predicted molar refractivity (Wildman–Crippen MR) is 69.1 cm³/mol. The fraction of sp³-hybridized carbons (Fsp3) is 0.364. The van der Waals surface area contributed by atoms with Gasteiger partial charge in [-0.15, -0.1) is 0 Å². The molecule has 0 unspecified atom stereocenters. The van der Waals surface area contributed by atoms with E-state index in [9.17, 15) is 13.2 Å². The molecule has 1 amide bonds. The van der Waals surface area contributed by atoms with E-state index in [2.05, 4.69) is 9.43 Å². The van der Waals surface area contributed by atoms with Crippen molar-refractivity contribution in [2.24, 2.45) is 4.52 Å². The van der Waals surface area contributed by atoms with Gasteiger partial charge >= 0.3 is 0 Å². The molecule has 8 heteroatoms. The molecule has 0 saturated carbocycles. The Morgan fingerprint density at radius 1 is 1.47 bits per heavy atom. The maximum absolute atomic E-state index is 11.6. The van der Waals surface area contributed by atoms with Crippen LogP contribution in [0.3, 0.4) is 0 Å². The minimum absolute atomic E-state index is 0.0468. The van der Waals surface area contributed by atoms with Crippen LogP contribution in [0.25, 0.3) is 10.4 Å². The third-order valence-corrected chi connectivity index (χ3v) is 4.13. The second kappa shape index (κ2) is 4.91. The van der Waals surface area contributed by atoms with Crippen LogP contribution in [0.15, 0.2) is 27.6 Å². The van der Waals surface area contributed by atoms with Crippen molar-refractivity contribution in [2.45, 2.75) is 24.7 Å². The quantitative estimate of drug-likeness (QED) is 0.470. The smallest absolute Gasteiger partial charge is 0.264 e. The van der Waals surface area contributed by atoms with Crippen LogP contribution in [0.2, 0.25) is 0 Å². The molecule has 1 aliphatic heterocycles. The summed E-state index contributed by atoms with van der Waals surface area (Å²) in [5.41, 5.74) is 9.74. The number of azide groups is 1. The molecule has 1 aromatic rings. The number of anilines is 1. The third-order valence-electron chi connectivity index (χ3n) is 2.99. The van der Waals surface area contributed by atoms with Gasteiger partial charge in [0.15, 0.2) is 0 Å². The summed E-state index contributed by atoms with van der Waals surface area (Å²) in [5.74, 6) is -0.0772. The summed E-state index contributed by atoms with van der Waals surface area (Å²) in [6.45, 7) is 2.10. The SMILES string of the molecule is CC(=O)N1CCCc2cc(S(=O)(=O)N=[N+]=[N-])ccc21. The van der Waals surface area contributed by atoms with E-state index in [0.717, 1.165) is 17.7 Å². The number of benzene rings is 1. The zero-order chi connectivity index (χ0) is 14.0. The van der Waals surface area contributed by atoms with Gasteiger partial charge in [0, 0.05) is 28.6 Å². The number of sulfonamides is 1. The topological polar surface area (TPSA) is 103 Å². The highest BCUT2D eigenvalue weighted by molar-refractivity contribution is 7.90. The minimum atomic E-state index is -3.98. The molecular formula is C11H12N4O3S. The summed E-state index contributed by atoms with van der Waals surface area (Å²) < 4.78 is 26.1. The van der Waals surface area contributed by atoms with E-state index in [1.807, 2.05) is 0 Å². The second-order valence-corrected chi connectivity index (χ2v) is 5.80. The fourth-order valence-electron chi connectivity index (χ4n) is 2.16. The molecule has 100 valence electrons. The highest BCUT2D eigenvalue weighted by Crippen LogP contribution is 2.29. The maximum atomic E-state index is 11.6. The number of rotatable bonds is 2. The number of aryl methyl sites for hydroxylation is 1. The first-order valence-electron chi connectivity index (χ1n) is 5.68. The molecule has 0 saturated heterocycles. The molecule has 0 radical (unpaired) electrons. The van der Waals surface area contributed by atoms with Crippen LogP contribution in [-0.4, -0.2) is 20.9 Å². The van der Waals surface area contributed by atoms with E-state index in [0.29, 0.717) is 13.0 Å². The largest absolute Gasteiger partial charge is 0.312 e. The summed E-state index contributed by atoms with van der Waals surface area (Å²) >= 11 is 0. The van der Waals surface area contributed by atoms with Crippen molar-refractivity contribution in [2.75, 3.05) is 11.4 Å². The lowest BCUT2D eigenvalue weighted by Crippen LogP contribution is -2.33. The Morgan fingerprint density at radius 3 is 2.84 bits per heavy atom. The van der Waals surface area contributed by atoms with E-state index >= 15 is 0 Å². The van der Waals surface area contributed by atoms with Gasteiger partial charge in [0.1, 0.15) is 0 Å². The first-order valence-corrected chi connectivity index (χ1v) is 7.12. The maximum Gasteiger partial charge on any atom is 0.264 e. The van der Waals surface area contributed by atoms with Gasteiger partial charge in [-0.2, -0.15) is 0 Å². The number of nitrogens with zero attached hydrogens (tertiary/aromatic N) is 4. The predicted octanol–water partition coefficient (Wildman–Crippen LogP) is 1.98. The van der Waals surface area contributed by atoms with Crippen LogP contribution in [0.1, 0.15) is 18.9 Å². The second-order valence-electron chi connectivity index (χ2n) is 4.21. The Bertz CT molecular complexity index is 677. The van der Waals surface area contributed by atoms with E-state index in [1.54, 1.807) is 11.0 Å². The molecule has 1 heterocycles. The lowest BCUT2D eigenvalue weighted by atomic mass is 10.0. The van der Waals surface area contributed by atoms with Gasteiger partial charge in [0.2, 0.25) is 5.91 Å². The van der Waals surface area contributed by atoms with Crippen molar-refractivity contribution >= 4 is 21.6 Å². The zero-order valence-corrected chi connectivity index (χ0v) is 11.1. The van der Waals surface area contributed by atoms with Crippen LogP contribution in [0, 0.1) is 0 Å². The van der Waals surface area contributed by atoms with Crippen LogP contribution >= 0.6 is 0 Å². The minimum Gasteiger partial charge on any atom is -0.312 e. The van der Waals surface area contributed by atoms with Crippen molar-refractivity contribution in [3.63, 3.8) is 0 Å². The van der Waals surface area contributed by atoms with Crippen molar-refractivity contribution in [1.29, 1.82) is 0 Å². The lowest BCUT2D eigenvalue weighted by Gasteiger charge is -2.28. The van der Waals surface area contributed by atoms with Gasteiger partial charge in [0.25, 0.3) is 10.0 Å². The molecule has 19 heavy (non-hydrogen) atoms. The summed E-state index contributed by atoms with van der Waals surface area (Å²) in [5, 5.41) is 0. The molecule has 0 aliphatic carbocycles. The van der Waals surface area contributed by atoms with E-state index in [-0.39, 0.29) is 10.8 Å². The van der Waals surface area contributed by atoms with Gasteiger partial charge in [-0.1, -0.05) is 0 Å². The fourth-order valence-corrected chi connectivity index (χ4v) is 2.88. The van der Waals surface area contributed by atoms with E-state index in [1.165, 1.54) is 19.1 Å². The molecule has 2 rings (SSSR count). The average molecular weight is 280 g/mol. The van der Waals surface area contributed by atoms with Gasteiger partial charge in [-0.25, -0.2) is 8.42 Å². The van der Waals surface area contributed by atoms with E-state index in [4.69, 9.17) is 5.53 Å². The Kier molecular flexibility index (Phi) is 3.46. The third kappa shape index (κ3) is 2.54. The normalized spacial score (nSPS) is 14.5.